The average molecular weight is 160 g/mol. The Bertz CT molecular complexity index is 94.1. The van der Waals surface area contributed by atoms with Gasteiger partial charge in [-0.2, -0.15) is 0 Å². The van der Waals surface area contributed by atoms with Crippen molar-refractivity contribution in [3.8, 4) is 0 Å². The zero-order chi connectivity index (χ0) is 8.74. The van der Waals surface area contributed by atoms with Crippen LogP contribution in [0, 0.1) is 0 Å². The molecule has 0 unspecified atom stereocenters. The van der Waals surface area contributed by atoms with Gasteiger partial charge in [0.1, 0.15) is 0 Å². The van der Waals surface area contributed by atoms with E-state index >= 15 is 0 Å². The van der Waals surface area contributed by atoms with Gasteiger partial charge in [-0.15, -0.1) is 0 Å². The monoisotopic (exact) mass is 160 g/mol. The molecule has 0 saturated carbocycles. The molecule has 0 heterocycles. The van der Waals surface area contributed by atoms with E-state index in [1.807, 2.05) is 14.1 Å². The molecule has 0 aliphatic rings. The van der Waals surface area contributed by atoms with Gasteiger partial charge in [-0.1, -0.05) is 0 Å². The van der Waals surface area contributed by atoms with Crippen molar-refractivity contribution in [3.05, 3.63) is 0 Å². The molecule has 0 fully saturated rings. The predicted molar refractivity (Wildman–Crippen MR) is 47.9 cm³/mol. The van der Waals surface area contributed by atoms with Crippen LogP contribution in [0.5, 0.6) is 0 Å². The van der Waals surface area contributed by atoms with E-state index in [0.29, 0.717) is 0 Å². The molecule has 0 radical (unpaired) electrons. The van der Waals surface area contributed by atoms with E-state index in [1.165, 1.54) is 0 Å². The Labute approximate surface area is 69.5 Å². The van der Waals surface area contributed by atoms with Crippen LogP contribution in [0.1, 0.15) is 13.8 Å². The molecule has 0 amide bonds. The van der Waals surface area contributed by atoms with Crippen molar-refractivity contribution in [2.24, 2.45) is 0 Å². The minimum absolute atomic E-state index is 0.0910. The molecule has 0 bridgehead atoms. The van der Waals surface area contributed by atoms with Crippen LogP contribution < -0.4 is 10.6 Å². The average Bonchev–Trinajstić information content (AvgIpc) is 1.99. The molecule has 3 nitrogen and oxygen atoms in total. The van der Waals surface area contributed by atoms with Crippen molar-refractivity contribution >= 4 is 0 Å². The minimum Gasteiger partial charge on any atom is -0.378 e. The topological polar surface area (TPSA) is 33.3 Å². The van der Waals surface area contributed by atoms with Crippen molar-refractivity contribution < 1.29 is 4.74 Å². The molecule has 0 saturated heterocycles. The van der Waals surface area contributed by atoms with E-state index in [2.05, 4.69) is 24.5 Å². The molecule has 0 atom stereocenters. The largest absolute Gasteiger partial charge is 0.378 e. The summed E-state index contributed by atoms with van der Waals surface area (Å²) in [6, 6.07) is 0. The molecule has 0 aliphatic heterocycles. The molecule has 68 valence electrons. The maximum atomic E-state index is 5.40. The van der Waals surface area contributed by atoms with Crippen LogP contribution in [-0.4, -0.2) is 39.4 Å². The smallest absolute Gasteiger partial charge is 0.0643 e. The third kappa shape index (κ3) is 6.28. The molecule has 11 heavy (non-hydrogen) atoms. The summed E-state index contributed by atoms with van der Waals surface area (Å²) in [4.78, 5) is 0. The van der Waals surface area contributed by atoms with Crippen LogP contribution in [0.2, 0.25) is 0 Å². The summed E-state index contributed by atoms with van der Waals surface area (Å²) < 4.78 is 5.40. The highest BCUT2D eigenvalue weighted by molar-refractivity contribution is 4.73. The Balaban J connectivity index is 3.23. The zero-order valence-electron chi connectivity index (χ0n) is 8.03. The van der Waals surface area contributed by atoms with Gasteiger partial charge in [0.25, 0.3) is 0 Å². The first-order valence-electron chi connectivity index (χ1n) is 4.03. The maximum Gasteiger partial charge on any atom is 0.0643 e. The van der Waals surface area contributed by atoms with Crippen molar-refractivity contribution in [2.75, 3.05) is 33.9 Å². The maximum absolute atomic E-state index is 5.40. The fourth-order valence-corrected chi connectivity index (χ4v) is 0.574. The molecule has 0 aromatic rings. The van der Waals surface area contributed by atoms with E-state index in [4.69, 9.17) is 4.74 Å². The lowest BCUT2D eigenvalue weighted by Crippen LogP contribution is -2.41. The van der Waals surface area contributed by atoms with E-state index in [-0.39, 0.29) is 5.54 Å². The third-order valence-electron chi connectivity index (χ3n) is 1.64. The van der Waals surface area contributed by atoms with E-state index < -0.39 is 0 Å². The molecule has 3 heteroatoms. The summed E-state index contributed by atoms with van der Waals surface area (Å²) in [5, 5.41) is 6.20. The van der Waals surface area contributed by atoms with Crippen LogP contribution in [0.25, 0.3) is 0 Å². The summed E-state index contributed by atoms with van der Waals surface area (Å²) in [6.45, 7) is 6.69. The van der Waals surface area contributed by atoms with Crippen LogP contribution in [-0.2, 0) is 4.74 Å². The molecule has 0 spiro atoms. The van der Waals surface area contributed by atoms with Gasteiger partial charge in [-0.3, -0.25) is 0 Å². The van der Waals surface area contributed by atoms with E-state index in [9.17, 15) is 0 Å². The van der Waals surface area contributed by atoms with Crippen LogP contribution in [0.3, 0.4) is 0 Å². The van der Waals surface area contributed by atoms with Crippen molar-refractivity contribution in [1.29, 1.82) is 0 Å². The molecule has 2 N–H and O–H groups in total. The Kier molecular flexibility index (Phi) is 5.46. The lowest BCUT2D eigenvalue weighted by molar-refractivity contribution is 0.0883. The number of hydrogen-bond donors (Lipinski definition) is 2. The molecule has 0 rings (SSSR count). The molecule has 0 aliphatic carbocycles. The highest BCUT2D eigenvalue weighted by Crippen LogP contribution is 1.99. The summed E-state index contributed by atoms with van der Waals surface area (Å²) in [5.41, 5.74) is 0.0910. The second-order valence-corrected chi connectivity index (χ2v) is 3.29. The van der Waals surface area contributed by atoms with Gasteiger partial charge >= 0.3 is 0 Å². The molecular weight excluding hydrogens is 140 g/mol. The first-order chi connectivity index (χ1) is 5.12. The lowest BCUT2D eigenvalue weighted by atomic mass is 10.1. The van der Waals surface area contributed by atoms with Crippen LogP contribution in [0.15, 0.2) is 0 Å². The normalized spacial score (nSPS) is 12.0. The first kappa shape index (κ1) is 10.9. The summed E-state index contributed by atoms with van der Waals surface area (Å²) >= 11 is 0. The number of ether oxygens (including phenoxy) is 1. The van der Waals surface area contributed by atoms with Gasteiger partial charge in [0.15, 0.2) is 0 Å². The van der Waals surface area contributed by atoms with Gasteiger partial charge in [0, 0.05) is 12.1 Å². The third-order valence-corrected chi connectivity index (χ3v) is 1.64. The fraction of sp³-hybridized carbons (Fsp3) is 1.00. The van der Waals surface area contributed by atoms with Gasteiger partial charge in [-0.25, -0.2) is 0 Å². The second-order valence-electron chi connectivity index (χ2n) is 3.29. The zero-order valence-corrected chi connectivity index (χ0v) is 8.03. The highest BCUT2D eigenvalue weighted by Gasteiger charge is 2.13. The van der Waals surface area contributed by atoms with Gasteiger partial charge in [-0.05, 0) is 27.9 Å². The standard InChI is InChI=1S/C8H20N2O/c1-8(2,10-4)7-11-6-5-9-3/h9-10H,5-7H2,1-4H3. The Morgan fingerprint density at radius 3 is 2.36 bits per heavy atom. The molecular formula is C8H20N2O. The van der Waals surface area contributed by atoms with E-state index in [0.717, 1.165) is 19.8 Å². The quantitative estimate of drug-likeness (QED) is 0.545. The fourth-order valence-electron chi connectivity index (χ4n) is 0.574. The van der Waals surface area contributed by atoms with E-state index in [1.54, 1.807) is 0 Å². The lowest BCUT2D eigenvalue weighted by Gasteiger charge is -2.23. The van der Waals surface area contributed by atoms with Crippen molar-refractivity contribution in [3.63, 3.8) is 0 Å². The van der Waals surface area contributed by atoms with Crippen molar-refractivity contribution in [1.82, 2.24) is 10.6 Å². The van der Waals surface area contributed by atoms with Crippen LogP contribution >= 0.6 is 0 Å². The Morgan fingerprint density at radius 1 is 1.27 bits per heavy atom. The molecule has 0 aromatic heterocycles. The minimum atomic E-state index is 0.0910. The summed E-state index contributed by atoms with van der Waals surface area (Å²) in [6.07, 6.45) is 0. The summed E-state index contributed by atoms with van der Waals surface area (Å²) in [5.74, 6) is 0. The van der Waals surface area contributed by atoms with Crippen molar-refractivity contribution in [2.45, 2.75) is 19.4 Å². The SMILES string of the molecule is CNCCOCC(C)(C)NC. The van der Waals surface area contributed by atoms with Gasteiger partial charge in [0.2, 0.25) is 0 Å². The molecule has 0 aromatic carbocycles. The Morgan fingerprint density at radius 2 is 1.91 bits per heavy atom. The van der Waals surface area contributed by atoms with Gasteiger partial charge in [0.05, 0.1) is 13.2 Å². The number of rotatable bonds is 6. The predicted octanol–water partition coefficient (Wildman–Crippen LogP) is 0.220. The highest BCUT2D eigenvalue weighted by atomic mass is 16.5. The second kappa shape index (κ2) is 5.52. The number of hydrogen-bond acceptors (Lipinski definition) is 3. The van der Waals surface area contributed by atoms with Crippen LogP contribution in [0.4, 0.5) is 0 Å². The van der Waals surface area contributed by atoms with Gasteiger partial charge < -0.3 is 15.4 Å². The summed E-state index contributed by atoms with van der Waals surface area (Å²) in [7, 11) is 3.87. The number of likely N-dealkylation sites (N-methyl/N-ethyl adjacent to an activating group) is 2. The Hall–Kier alpha value is -0.120. The first-order valence-corrected chi connectivity index (χ1v) is 4.03. The number of nitrogens with one attached hydrogen (secondary N) is 2.